The molecule has 1 aromatic carbocycles. The zero-order chi connectivity index (χ0) is 11.4. The van der Waals surface area contributed by atoms with Gasteiger partial charge in [0, 0.05) is 22.2 Å². The highest BCUT2D eigenvalue weighted by atomic mass is 32.2. The van der Waals surface area contributed by atoms with E-state index in [0.29, 0.717) is 10.5 Å². The fraction of sp³-hybridized carbons (Fsp3) is 0.0833. The molecule has 1 heterocycles. The molecule has 16 heavy (non-hydrogen) atoms. The minimum atomic E-state index is -0.312. The highest BCUT2D eigenvalue weighted by Crippen LogP contribution is 2.29. The molecule has 0 aliphatic rings. The minimum absolute atomic E-state index is 0.142. The third-order valence-corrected chi connectivity index (χ3v) is 3.12. The first kappa shape index (κ1) is 11.1. The summed E-state index contributed by atoms with van der Waals surface area (Å²) in [6, 6.07) is 8.39. The smallest absolute Gasteiger partial charge is 0.137 e. The van der Waals surface area contributed by atoms with Gasteiger partial charge in [-0.2, -0.15) is 0 Å². The van der Waals surface area contributed by atoms with Crippen molar-refractivity contribution in [3.8, 4) is 0 Å². The lowest BCUT2D eigenvalue weighted by molar-refractivity contribution is 0.281. The molecule has 0 saturated carbocycles. The summed E-state index contributed by atoms with van der Waals surface area (Å²) in [6.45, 7) is -0.142. The number of aliphatic hydroxyl groups is 1. The maximum absolute atomic E-state index is 13.6. The molecule has 2 aromatic rings. The van der Waals surface area contributed by atoms with Crippen molar-refractivity contribution in [3.05, 3.63) is 54.1 Å². The third-order valence-electron chi connectivity index (χ3n) is 2.06. The molecule has 0 atom stereocenters. The van der Waals surface area contributed by atoms with Crippen molar-refractivity contribution in [3.63, 3.8) is 0 Å². The number of aliphatic hydroxyl groups excluding tert-OH is 1. The molecule has 0 spiro atoms. The molecule has 0 saturated heterocycles. The normalized spacial score (nSPS) is 10.4. The van der Waals surface area contributed by atoms with Crippen LogP contribution in [0.15, 0.2) is 52.5 Å². The van der Waals surface area contributed by atoms with Crippen LogP contribution >= 0.6 is 11.8 Å². The first-order valence-corrected chi connectivity index (χ1v) is 5.58. The summed E-state index contributed by atoms with van der Waals surface area (Å²) in [6.07, 6.45) is 3.34. The van der Waals surface area contributed by atoms with E-state index in [1.165, 1.54) is 17.8 Å². The second-order valence-electron chi connectivity index (χ2n) is 3.21. The molecule has 2 nitrogen and oxygen atoms in total. The van der Waals surface area contributed by atoms with Crippen LogP contribution in [0.5, 0.6) is 0 Å². The van der Waals surface area contributed by atoms with Crippen LogP contribution in [0.1, 0.15) is 5.56 Å². The second kappa shape index (κ2) is 5.09. The lowest BCUT2D eigenvalue weighted by atomic mass is 10.2. The van der Waals surface area contributed by atoms with Crippen molar-refractivity contribution in [2.24, 2.45) is 0 Å². The van der Waals surface area contributed by atoms with Gasteiger partial charge in [0.05, 0.1) is 6.61 Å². The molecule has 0 bridgehead atoms. The van der Waals surface area contributed by atoms with Gasteiger partial charge in [-0.25, -0.2) is 4.39 Å². The zero-order valence-electron chi connectivity index (χ0n) is 8.43. The van der Waals surface area contributed by atoms with Crippen LogP contribution in [0.25, 0.3) is 0 Å². The van der Waals surface area contributed by atoms with E-state index in [0.717, 1.165) is 4.90 Å². The number of nitrogens with zero attached hydrogens (tertiary/aromatic N) is 1. The van der Waals surface area contributed by atoms with Gasteiger partial charge in [0.15, 0.2) is 0 Å². The van der Waals surface area contributed by atoms with E-state index in [2.05, 4.69) is 4.98 Å². The van der Waals surface area contributed by atoms with E-state index in [1.54, 1.807) is 24.5 Å². The Morgan fingerprint density at radius 1 is 1.19 bits per heavy atom. The summed E-state index contributed by atoms with van der Waals surface area (Å²) in [7, 11) is 0. The standard InChI is InChI=1S/C12H10FNOS/c13-11-7-9(8-15)1-2-12(11)16-10-3-5-14-6-4-10/h1-7,15H,8H2. The van der Waals surface area contributed by atoms with Crippen LogP contribution in [0.2, 0.25) is 0 Å². The Kier molecular flexibility index (Phi) is 3.54. The summed E-state index contributed by atoms with van der Waals surface area (Å²) in [5.41, 5.74) is 0.580. The number of hydrogen-bond donors (Lipinski definition) is 1. The Balaban J connectivity index is 2.22. The van der Waals surface area contributed by atoms with Crippen molar-refractivity contribution in [1.29, 1.82) is 0 Å². The van der Waals surface area contributed by atoms with Crippen LogP contribution in [-0.4, -0.2) is 10.1 Å². The summed E-state index contributed by atoms with van der Waals surface area (Å²) in [5, 5.41) is 8.86. The molecule has 0 fully saturated rings. The zero-order valence-corrected chi connectivity index (χ0v) is 9.25. The van der Waals surface area contributed by atoms with Crippen LogP contribution < -0.4 is 0 Å². The number of pyridine rings is 1. The molecule has 1 aromatic heterocycles. The average Bonchev–Trinajstić information content (AvgIpc) is 2.33. The van der Waals surface area contributed by atoms with Gasteiger partial charge in [0.25, 0.3) is 0 Å². The van der Waals surface area contributed by atoms with E-state index >= 15 is 0 Å². The summed E-state index contributed by atoms with van der Waals surface area (Å²) in [5.74, 6) is -0.312. The predicted molar refractivity (Wildman–Crippen MR) is 60.7 cm³/mol. The second-order valence-corrected chi connectivity index (χ2v) is 4.32. The van der Waals surface area contributed by atoms with E-state index in [4.69, 9.17) is 5.11 Å². The van der Waals surface area contributed by atoms with Gasteiger partial charge in [0.2, 0.25) is 0 Å². The monoisotopic (exact) mass is 235 g/mol. The highest BCUT2D eigenvalue weighted by Gasteiger charge is 2.04. The van der Waals surface area contributed by atoms with Crippen molar-refractivity contribution in [2.45, 2.75) is 16.4 Å². The van der Waals surface area contributed by atoms with Gasteiger partial charge in [-0.3, -0.25) is 4.98 Å². The molecule has 0 aliphatic carbocycles. The van der Waals surface area contributed by atoms with Gasteiger partial charge in [-0.15, -0.1) is 0 Å². The Bertz CT molecular complexity index is 476. The molecule has 4 heteroatoms. The molecule has 1 N–H and O–H groups in total. The maximum atomic E-state index is 13.6. The Morgan fingerprint density at radius 3 is 2.56 bits per heavy atom. The van der Waals surface area contributed by atoms with E-state index in [-0.39, 0.29) is 12.4 Å². The number of rotatable bonds is 3. The molecular weight excluding hydrogens is 225 g/mol. The van der Waals surface area contributed by atoms with E-state index in [1.807, 2.05) is 12.1 Å². The SMILES string of the molecule is OCc1ccc(Sc2ccncc2)c(F)c1. The number of halogens is 1. The van der Waals surface area contributed by atoms with Crippen LogP contribution in [0.4, 0.5) is 4.39 Å². The predicted octanol–water partition coefficient (Wildman–Crippen LogP) is 2.86. The number of hydrogen-bond acceptors (Lipinski definition) is 3. The minimum Gasteiger partial charge on any atom is -0.392 e. The Morgan fingerprint density at radius 2 is 1.94 bits per heavy atom. The molecule has 0 unspecified atom stereocenters. The molecule has 82 valence electrons. The number of benzene rings is 1. The van der Waals surface area contributed by atoms with Gasteiger partial charge in [0.1, 0.15) is 5.82 Å². The fourth-order valence-electron chi connectivity index (χ4n) is 1.26. The molecule has 2 rings (SSSR count). The molecule has 0 aliphatic heterocycles. The van der Waals surface area contributed by atoms with E-state index < -0.39 is 0 Å². The summed E-state index contributed by atoms with van der Waals surface area (Å²) >= 11 is 1.34. The first-order chi connectivity index (χ1) is 7.79. The van der Waals surface area contributed by atoms with Crippen molar-refractivity contribution in [2.75, 3.05) is 0 Å². The topological polar surface area (TPSA) is 33.1 Å². The molecule has 0 radical (unpaired) electrons. The Labute approximate surface area is 97.2 Å². The lowest BCUT2D eigenvalue weighted by Crippen LogP contribution is -1.87. The quantitative estimate of drug-likeness (QED) is 0.888. The van der Waals surface area contributed by atoms with Gasteiger partial charge in [-0.05, 0) is 29.8 Å². The van der Waals surface area contributed by atoms with Crippen molar-refractivity contribution < 1.29 is 9.50 Å². The molecule has 0 amide bonds. The largest absolute Gasteiger partial charge is 0.392 e. The molecular formula is C12H10FNOS. The van der Waals surface area contributed by atoms with E-state index in [9.17, 15) is 4.39 Å². The van der Waals surface area contributed by atoms with Gasteiger partial charge >= 0.3 is 0 Å². The van der Waals surface area contributed by atoms with Gasteiger partial charge < -0.3 is 5.11 Å². The lowest BCUT2D eigenvalue weighted by Gasteiger charge is -2.04. The average molecular weight is 235 g/mol. The van der Waals surface area contributed by atoms with Crippen molar-refractivity contribution >= 4 is 11.8 Å². The van der Waals surface area contributed by atoms with Crippen molar-refractivity contribution in [1.82, 2.24) is 4.98 Å². The summed E-state index contributed by atoms with van der Waals surface area (Å²) in [4.78, 5) is 5.38. The van der Waals surface area contributed by atoms with Crippen LogP contribution in [-0.2, 0) is 6.61 Å². The first-order valence-electron chi connectivity index (χ1n) is 4.77. The third kappa shape index (κ3) is 2.59. The maximum Gasteiger partial charge on any atom is 0.137 e. The highest BCUT2D eigenvalue weighted by molar-refractivity contribution is 7.99. The fourth-order valence-corrected chi connectivity index (χ4v) is 2.06. The summed E-state index contributed by atoms with van der Waals surface area (Å²) < 4.78 is 13.6. The van der Waals surface area contributed by atoms with Crippen LogP contribution in [0.3, 0.4) is 0 Å². The van der Waals surface area contributed by atoms with Crippen LogP contribution in [0, 0.1) is 5.82 Å². The number of aromatic nitrogens is 1. The Hall–Kier alpha value is -1.39. The van der Waals surface area contributed by atoms with Gasteiger partial charge in [-0.1, -0.05) is 17.8 Å².